The van der Waals surface area contributed by atoms with Crippen LogP contribution < -0.4 is 5.32 Å². The zero-order valence-corrected chi connectivity index (χ0v) is 10.1. The number of hydrogen-bond donors (Lipinski definition) is 1. The van der Waals surface area contributed by atoms with Crippen LogP contribution in [-0.2, 0) is 11.8 Å². The number of anilines is 1. The fraction of sp³-hybridized carbons (Fsp3) is 0.556. The molecule has 0 atom stereocenters. The molecule has 0 aliphatic rings. The second kappa shape index (κ2) is 4.40. The summed E-state index contributed by atoms with van der Waals surface area (Å²) in [4.78, 5) is 21.3. The molecule has 0 spiro atoms. The van der Waals surface area contributed by atoms with E-state index in [1.807, 2.05) is 0 Å². The van der Waals surface area contributed by atoms with Crippen LogP contribution in [0.5, 0.6) is 0 Å². The lowest BCUT2D eigenvalue weighted by molar-refractivity contribution is -0.392. The Morgan fingerprint density at radius 2 is 2.18 bits per heavy atom. The first-order valence-corrected chi connectivity index (χ1v) is 4.87. The molecule has 0 aliphatic heterocycles. The van der Waals surface area contributed by atoms with Crippen LogP contribution in [0, 0.1) is 10.1 Å². The van der Waals surface area contributed by atoms with E-state index in [0.29, 0.717) is 0 Å². The van der Waals surface area contributed by atoms with Crippen LogP contribution in [0.3, 0.4) is 0 Å². The molecule has 0 fully saturated rings. The third kappa shape index (κ3) is 3.74. The van der Waals surface area contributed by atoms with Gasteiger partial charge in [-0.3, -0.25) is 5.32 Å². The van der Waals surface area contributed by atoms with Crippen molar-refractivity contribution < 1.29 is 14.5 Å². The molecular weight excluding hydrogens is 228 g/mol. The van der Waals surface area contributed by atoms with Crippen molar-refractivity contribution in [2.24, 2.45) is 7.05 Å². The highest BCUT2D eigenvalue weighted by atomic mass is 16.6. The molecular formula is C9H14N4O4. The molecule has 1 aromatic heterocycles. The van der Waals surface area contributed by atoms with E-state index in [9.17, 15) is 14.9 Å². The molecule has 0 bridgehead atoms. The van der Waals surface area contributed by atoms with E-state index in [2.05, 4.69) is 10.4 Å². The summed E-state index contributed by atoms with van der Waals surface area (Å²) in [6.45, 7) is 5.15. The van der Waals surface area contributed by atoms with E-state index < -0.39 is 16.6 Å². The second-order valence-electron chi connectivity index (χ2n) is 4.40. The van der Waals surface area contributed by atoms with Gasteiger partial charge in [-0.05, 0) is 25.7 Å². The molecule has 1 rings (SSSR count). The Hall–Kier alpha value is -2.12. The van der Waals surface area contributed by atoms with E-state index >= 15 is 0 Å². The summed E-state index contributed by atoms with van der Waals surface area (Å²) < 4.78 is 6.04. The number of nitrogens with zero attached hydrogens (tertiary/aromatic N) is 3. The van der Waals surface area contributed by atoms with Crippen LogP contribution >= 0.6 is 0 Å². The zero-order valence-electron chi connectivity index (χ0n) is 10.1. The Kier molecular flexibility index (Phi) is 3.35. The summed E-state index contributed by atoms with van der Waals surface area (Å²) in [5, 5.41) is 16.6. The summed E-state index contributed by atoms with van der Waals surface area (Å²) >= 11 is 0. The van der Waals surface area contributed by atoms with Crippen molar-refractivity contribution in [1.29, 1.82) is 0 Å². The lowest BCUT2D eigenvalue weighted by atomic mass is 10.2. The van der Waals surface area contributed by atoms with Crippen molar-refractivity contribution >= 4 is 17.7 Å². The lowest BCUT2D eigenvalue weighted by Crippen LogP contribution is -2.27. The van der Waals surface area contributed by atoms with Crippen molar-refractivity contribution in [2.75, 3.05) is 5.32 Å². The SMILES string of the molecule is Cn1nc(NC(=O)OC(C)(C)C)cc1[N+](=O)[O-]. The quantitative estimate of drug-likeness (QED) is 0.628. The molecule has 1 aromatic rings. The zero-order chi connectivity index (χ0) is 13.2. The maximum Gasteiger partial charge on any atom is 0.413 e. The highest BCUT2D eigenvalue weighted by Crippen LogP contribution is 2.16. The predicted octanol–water partition coefficient (Wildman–Crippen LogP) is 1.68. The van der Waals surface area contributed by atoms with Gasteiger partial charge in [0.1, 0.15) is 12.6 Å². The molecule has 1 amide bonds. The monoisotopic (exact) mass is 242 g/mol. The summed E-state index contributed by atoms with van der Waals surface area (Å²) in [7, 11) is 1.42. The first kappa shape index (κ1) is 12.9. The predicted molar refractivity (Wildman–Crippen MR) is 59.7 cm³/mol. The first-order chi connectivity index (χ1) is 7.69. The normalized spacial score (nSPS) is 11.1. The number of carbonyl (C=O) groups excluding carboxylic acids is 1. The number of rotatable bonds is 2. The van der Waals surface area contributed by atoms with Gasteiger partial charge >= 0.3 is 11.9 Å². The van der Waals surface area contributed by atoms with Crippen LogP contribution in [0.1, 0.15) is 20.8 Å². The van der Waals surface area contributed by atoms with Crippen molar-refractivity contribution in [3.8, 4) is 0 Å². The Balaban J connectivity index is 2.73. The molecule has 1 heterocycles. The lowest BCUT2D eigenvalue weighted by Gasteiger charge is -2.18. The molecule has 0 aliphatic carbocycles. The highest BCUT2D eigenvalue weighted by Gasteiger charge is 2.20. The average molecular weight is 242 g/mol. The number of nitro groups is 1. The Bertz CT molecular complexity index is 446. The van der Waals surface area contributed by atoms with E-state index in [4.69, 9.17) is 4.74 Å². The van der Waals surface area contributed by atoms with Crippen molar-refractivity contribution in [3.05, 3.63) is 16.2 Å². The molecule has 17 heavy (non-hydrogen) atoms. The number of aromatic nitrogens is 2. The summed E-state index contributed by atoms with van der Waals surface area (Å²) in [6.07, 6.45) is -0.703. The van der Waals surface area contributed by atoms with Gasteiger partial charge in [0.2, 0.25) is 0 Å². The third-order valence-electron chi connectivity index (χ3n) is 1.67. The van der Waals surface area contributed by atoms with Gasteiger partial charge in [0.25, 0.3) is 0 Å². The minimum atomic E-state index is -0.703. The largest absolute Gasteiger partial charge is 0.444 e. The van der Waals surface area contributed by atoms with E-state index in [0.717, 1.165) is 10.7 Å². The van der Waals surface area contributed by atoms with Gasteiger partial charge < -0.3 is 14.9 Å². The molecule has 94 valence electrons. The van der Waals surface area contributed by atoms with Gasteiger partial charge in [-0.15, -0.1) is 4.68 Å². The van der Waals surface area contributed by atoms with Crippen LogP contribution in [0.4, 0.5) is 16.4 Å². The smallest absolute Gasteiger partial charge is 0.413 e. The molecule has 8 nitrogen and oxygen atoms in total. The molecule has 8 heteroatoms. The number of aryl methyl sites for hydroxylation is 1. The molecule has 0 unspecified atom stereocenters. The maximum atomic E-state index is 11.4. The molecule has 0 aromatic carbocycles. The van der Waals surface area contributed by atoms with Crippen LogP contribution in [-0.4, -0.2) is 26.4 Å². The number of amides is 1. The summed E-state index contributed by atoms with van der Waals surface area (Å²) in [5.74, 6) is -0.135. The van der Waals surface area contributed by atoms with E-state index in [1.54, 1.807) is 20.8 Å². The Labute approximate surface area is 97.7 Å². The topological polar surface area (TPSA) is 99.3 Å². The number of carbonyl (C=O) groups is 1. The minimum Gasteiger partial charge on any atom is -0.444 e. The third-order valence-corrected chi connectivity index (χ3v) is 1.67. The number of nitrogens with one attached hydrogen (secondary N) is 1. The number of ether oxygens (including phenoxy) is 1. The van der Waals surface area contributed by atoms with Crippen LogP contribution in [0.2, 0.25) is 0 Å². The summed E-state index contributed by atoms with van der Waals surface area (Å²) in [6, 6.07) is 1.16. The van der Waals surface area contributed by atoms with Gasteiger partial charge in [0.15, 0.2) is 5.82 Å². The first-order valence-electron chi connectivity index (χ1n) is 4.87. The Morgan fingerprint density at radius 3 is 2.59 bits per heavy atom. The van der Waals surface area contributed by atoms with Crippen molar-refractivity contribution in [1.82, 2.24) is 9.78 Å². The fourth-order valence-corrected chi connectivity index (χ4v) is 1.10. The van der Waals surface area contributed by atoms with Crippen LogP contribution in [0.25, 0.3) is 0 Å². The van der Waals surface area contributed by atoms with Gasteiger partial charge in [-0.2, -0.15) is 0 Å². The average Bonchev–Trinajstić information content (AvgIpc) is 2.42. The van der Waals surface area contributed by atoms with Gasteiger partial charge in [0, 0.05) is 0 Å². The Morgan fingerprint density at radius 1 is 1.59 bits per heavy atom. The maximum absolute atomic E-state index is 11.4. The molecule has 0 saturated carbocycles. The van der Waals surface area contributed by atoms with Crippen molar-refractivity contribution in [3.63, 3.8) is 0 Å². The van der Waals surface area contributed by atoms with Gasteiger partial charge in [-0.25, -0.2) is 4.79 Å². The summed E-state index contributed by atoms with van der Waals surface area (Å²) in [5.41, 5.74) is -0.634. The molecule has 0 saturated heterocycles. The van der Waals surface area contributed by atoms with Gasteiger partial charge in [-0.1, -0.05) is 5.10 Å². The standard InChI is InChI=1S/C9H14N4O4/c1-9(2,3)17-8(14)10-6-5-7(13(15)16)12(4)11-6/h5H,1-4H3,(H,10,11,14). The fourth-order valence-electron chi connectivity index (χ4n) is 1.10. The van der Waals surface area contributed by atoms with E-state index in [1.165, 1.54) is 7.05 Å². The molecule has 0 radical (unpaired) electrons. The second-order valence-corrected chi connectivity index (χ2v) is 4.40. The minimum absolute atomic E-state index is 0.0773. The number of hydrogen-bond acceptors (Lipinski definition) is 5. The molecule has 1 N–H and O–H groups in total. The van der Waals surface area contributed by atoms with Crippen molar-refractivity contribution in [2.45, 2.75) is 26.4 Å². The van der Waals surface area contributed by atoms with E-state index in [-0.39, 0.29) is 11.6 Å². The highest BCUT2D eigenvalue weighted by molar-refractivity contribution is 5.83. The van der Waals surface area contributed by atoms with Crippen LogP contribution in [0.15, 0.2) is 6.07 Å². The van der Waals surface area contributed by atoms with Gasteiger partial charge in [0.05, 0.1) is 6.07 Å².